The SMILES string of the molecule is COc1cc2c(=O)[nH]cnc2cc1OCCCC1CCC(C)CC1. The van der Waals surface area contributed by atoms with E-state index in [9.17, 15) is 4.79 Å². The van der Waals surface area contributed by atoms with Gasteiger partial charge in [-0.05, 0) is 30.7 Å². The van der Waals surface area contributed by atoms with Gasteiger partial charge in [0.25, 0.3) is 5.56 Å². The minimum Gasteiger partial charge on any atom is -0.493 e. The topological polar surface area (TPSA) is 64.2 Å². The Labute approximate surface area is 142 Å². The lowest BCUT2D eigenvalue weighted by Gasteiger charge is -2.26. The van der Waals surface area contributed by atoms with E-state index in [-0.39, 0.29) is 5.56 Å². The van der Waals surface area contributed by atoms with E-state index in [0.29, 0.717) is 29.0 Å². The van der Waals surface area contributed by atoms with Gasteiger partial charge in [0.15, 0.2) is 11.5 Å². The molecule has 1 saturated carbocycles. The summed E-state index contributed by atoms with van der Waals surface area (Å²) in [5.74, 6) is 2.98. The van der Waals surface area contributed by atoms with Crippen molar-refractivity contribution >= 4 is 10.9 Å². The first-order valence-electron chi connectivity index (χ1n) is 8.85. The zero-order valence-corrected chi connectivity index (χ0v) is 14.5. The second-order valence-electron chi connectivity index (χ2n) is 6.87. The summed E-state index contributed by atoms with van der Waals surface area (Å²) < 4.78 is 11.3. The monoisotopic (exact) mass is 330 g/mol. The first kappa shape index (κ1) is 16.8. The number of methoxy groups -OCH3 is 1. The van der Waals surface area contributed by atoms with E-state index in [2.05, 4.69) is 16.9 Å². The fraction of sp³-hybridized carbons (Fsp3) is 0.579. The fourth-order valence-electron chi connectivity index (χ4n) is 3.52. The Balaban J connectivity index is 1.59. The Bertz CT molecular complexity index is 733. The van der Waals surface area contributed by atoms with E-state index >= 15 is 0 Å². The molecule has 0 spiro atoms. The summed E-state index contributed by atoms with van der Waals surface area (Å²) in [7, 11) is 1.59. The van der Waals surface area contributed by atoms with Crippen molar-refractivity contribution in [1.82, 2.24) is 9.97 Å². The number of fused-ring (bicyclic) bond motifs is 1. The summed E-state index contributed by atoms with van der Waals surface area (Å²) in [6.45, 7) is 3.02. The van der Waals surface area contributed by atoms with Gasteiger partial charge in [0.05, 0.1) is 30.9 Å². The molecule has 0 aliphatic heterocycles. The van der Waals surface area contributed by atoms with Crippen molar-refractivity contribution in [3.05, 3.63) is 28.8 Å². The normalized spacial score (nSPS) is 20.9. The number of nitrogens with zero attached hydrogens (tertiary/aromatic N) is 1. The lowest BCUT2D eigenvalue weighted by Crippen LogP contribution is -2.13. The Morgan fingerprint density at radius 1 is 1.21 bits per heavy atom. The fourth-order valence-corrected chi connectivity index (χ4v) is 3.52. The Kier molecular flexibility index (Phi) is 5.38. The Hall–Kier alpha value is -2.04. The zero-order chi connectivity index (χ0) is 16.9. The van der Waals surface area contributed by atoms with Crippen molar-refractivity contribution in [2.24, 2.45) is 11.8 Å². The highest BCUT2D eigenvalue weighted by atomic mass is 16.5. The molecule has 1 fully saturated rings. The molecule has 5 heteroatoms. The van der Waals surface area contributed by atoms with E-state index in [1.54, 1.807) is 19.2 Å². The van der Waals surface area contributed by atoms with Crippen LogP contribution in [0.25, 0.3) is 10.9 Å². The number of H-pyrrole nitrogens is 1. The number of nitrogens with one attached hydrogen (secondary N) is 1. The second kappa shape index (κ2) is 7.69. The molecule has 3 rings (SSSR count). The third-order valence-electron chi connectivity index (χ3n) is 5.08. The summed E-state index contributed by atoms with van der Waals surface area (Å²) in [5, 5.41) is 0.512. The molecule has 0 bridgehead atoms. The molecule has 1 aliphatic rings. The highest BCUT2D eigenvalue weighted by Crippen LogP contribution is 2.32. The van der Waals surface area contributed by atoms with Gasteiger partial charge in [0.1, 0.15) is 0 Å². The summed E-state index contributed by atoms with van der Waals surface area (Å²) >= 11 is 0. The van der Waals surface area contributed by atoms with Crippen LogP contribution in [-0.2, 0) is 0 Å². The van der Waals surface area contributed by atoms with Gasteiger partial charge in [-0.3, -0.25) is 4.79 Å². The van der Waals surface area contributed by atoms with Crippen LogP contribution in [-0.4, -0.2) is 23.7 Å². The molecule has 1 aliphatic carbocycles. The van der Waals surface area contributed by atoms with Crippen LogP contribution in [0.1, 0.15) is 45.4 Å². The van der Waals surface area contributed by atoms with E-state index in [1.165, 1.54) is 38.4 Å². The second-order valence-corrected chi connectivity index (χ2v) is 6.87. The smallest absolute Gasteiger partial charge is 0.258 e. The van der Waals surface area contributed by atoms with Crippen molar-refractivity contribution in [2.75, 3.05) is 13.7 Å². The third kappa shape index (κ3) is 3.89. The summed E-state index contributed by atoms with van der Waals surface area (Å²) in [4.78, 5) is 18.6. The average Bonchev–Trinajstić information content (AvgIpc) is 2.60. The molecule has 1 aromatic heterocycles. The van der Waals surface area contributed by atoms with E-state index in [0.717, 1.165) is 18.3 Å². The van der Waals surface area contributed by atoms with Gasteiger partial charge in [-0.25, -0.2) is 4.98 Å². The number of aromatic nitrogens is 2. The molecule has 1 heterocycles. The standard InChI is InChI=1S/C19H26N2O3/c1-13-5-7-14(8-6-13)4-3-9-24-18-11-16-15(10-17(18)23-2)19(22)21-12-20-16/h10-14H,3-9H2,1-2H3,(H,20,21,22). The summed E-state index contributed by atoms with van der Waals surface area (Å²) in [5.41, 5.74) is 0.451. The molecule has 0 radical (unpaired) electrons. The molecule has 2 aromatic rings. The third-order valence-corrected chi connectivity index (χ3v) is 5.08. The van der Waals surface area contributed by atoms with Gasteiger partial charge >= 0.3 is 0 Å². The maximum absolute atomic E-state index is 11.8. The molecule has 0 atom stereocenters. The molecular weight excluding hydrogens is 304 g/mol. The van der Waals surface area contributed by atoms with Gasteiger partial charge in [0.2, 0.25) is 0 Å². The van der Waals surface area contributed by atoms with Gasteiger partial charge in [-0.2, -0.15) is 0 Å². The van der Waals surface area contributed by atoms with E-state index in [4.69, 9.17) is 9.47 Å². The highest BCUT2D eigenvalue weighted by molar-refractivity contribution is 5.81. The van der Waals surface area contributed by atoms with Crippen LogP contribution >= 0.6 is 0 Å². The maximum Gasteiger partial charge on any atom is 0.258 e. The van der Waals surface area contributed by atoms with Crippen molar-refractivity contribution in [3.8, 4) is 11.5 Å². The number of hydrogen-bond acceptors (Lipinski definition) is 4. The van der Waals surface area contributed by atoms with Crippen LogP contribution in [0.5, 0.6) is 11.5 Å². The molecule has 1 N–H and O–H groups in total. The van der Waals surface area contributed by atoms with Crippen molar-refractivity contribution in [2.45, 2.75) is 45.4 Å². The molecule has 130 valence electrons. The minimum absolute atomic E-state index is 0.170. The van der Waals surface area contributed by atoms with Crippen LogP contribution in [0, 0.1) is 11.8 Å². The molecular formula is C19H26N2O3. The molecule has 0 unspecified atom stereocenters. The average molecular weight is 330 g/mol. The van der Waals surface area contributed by atoms with Crippen molar-refractivity contribution in [3.63, 3.8) is 0 Å². The van der Waals surface area contributed by atoms with Gasteiger partial charge in [-0.1, -0.05) is 32.6 Å². The lowest BCUT2D eigenvalue weighted by molar-refractivity contribution is 0.240. The Morgan fingerprint density at radius 3 is 2.75 bits per heavy atom. The van der Waals surface area contributed by atoms with Crippen LogP contribution in [0.2, 0.25) is 0 Å². The molecule has 0 saturated heterocycles. The van der Waals surface area contributed by atoms with E-state index < -0.39 is 0 Å². The van der Waals surface area contributed by atoms with Crippen molar-refractivity contribution in [1.29, 1.82) is 0 Å². The van der Waals surface area contributed by atoms with Gasteiger partial charge in [0, 0.05) is 6.07 Å². The highest BCUT2D eigenvalue weighted by Gasteiger charge is 2.18. The quantitative estimate of drug-likeness (QED) is 0.815. The Morgan fingerprint density at radius 2 is 2.00 bits per heavy atom. The number of benzene rings is 1. The maximum atomic E-state index is 11.8. The summed E-state index contributed by atoms with van der Waals surface area (Å²) in [6, 6.07) is 3.48. The van der Waals surface area contributed by atoms with Crippen LogP contribution in [0.4, 0.5) is 0 Å². The van der Waals surface area contributed by atoms with Gasteiger partial charge < -0.3 is 14.5 Å². The van der Waals surface area contributed by atoms with E-state index in [1.807, 2.05) is 0 Å². The van der Waals surface area contributed by atoms with Crippen LogP contribution in [0.3, 0.4) is 0 Å². The number of ether oxygens (including phenoxy) is 2. The molecule has 24 heavy (non-hydrogen) atoms. The minimum atomic E-state index is -0.170. The van der Waals surface area contributed by atoms with Crippen LogP contribution in [0.15, 0.2) is 23.3 Å². The number of hydrogen-bond donors (Lipinski definition) is 1. The van der Waals surface area contributed by atoms with Crippen LogP contribution < -0.4 is 15.0 Å². The first-order chi connectivity index (χ1) is 11.7. The number of aromatic amines is 1. The molecule has 0 amide bonds. The predicted octanol–water partition coefficient (Wildman–Crippen LogP) is 3.92. The zero-order valence-electron chi connectivity index (χ0n) is 14.5. The van der Waals surface area contributed by atoms with Crippen molar-refractivity contribution < 1.29 is 9.47 Å². The molecule has 1 aromatic carbocycles. The predicted molar refractivity (Wildman–Crippen MR) is 94.8 cm³/mol. The molecule has 5 nitrogen and oxygen atoms in total. The summed E-state index contributed by atoms with van der Waals surface area (Å²) in [6.07, 6.45) is 9.11. The lowest BCUT2D eigenvalue weighted by atomic mass is 9.81. The largest absolute Gasteiger partial charge is 0.493 e. The van der Waals surface area contributed by atoms with Gasteiger partial charge in [-0.15, -0.1) is 0 Å². The number of rotatable bonds is 6. The first-order valence-corrected chi connectivity index (χ1v) is 8.85.